The van der Waals surface area contributed by atoms with Crippen molar-refractivity contribution in [1.82, 2.24) is 4.98 Å². The zero-order valence-electron chi connectivity index (χ0n) is 14.8. The van der Waals surface area contributed by atoms with E-state index >= 15 is 0 Å². The van der Waals surface area contributed by atoms with Crippen molar-refractivity contribution in [3.8, 4) is 11.5 Å². The van der Waals surface area contributed by atoms with Gasteiger partial charge in [0.25, 0.3) is 5.91 Å². The smallest absolute Gasteiger partial charge is 0.257 e. The van der Waals surface area contributed by atoms with Gasteiger partial charge in [0.1, 0.15) is 23.1 Å². The third kappa shape index (κ3) is 4.52. The van der Waals surface area contributed by atoms with Crippen LogP contribution in [0.1, 0.15) is 10.4 Å². The van der Waals surface area contributed by atoms with Crippen LogP contribution in [0.25, 0.3) is 0 Å². The fourth-order valence-corrected chi connectivity index (χ4v) is 2.39. The monoisotopic (exact) mass is 367 g/mol. The van der Waals surface area contributed by atoms with Gasteiger partial charge < -0.3 is 20.1 Å². The van der Waals surface area contributed by atoms with Crippen LogP contribution in [0.15, 0.2) is 60.8 Å². The van der Waals surface area contributed by atoms with Gasteiger partial charge in [-0.1, -0.05) is 12.1 Å². The number of amides is 1. The summed E-state index contributed by atoms with van der Waals surface area (Å²) >= 11 is 0. The lowest BCUT2D eigenvalue weighted by Gasteiger charge is -2.10. The molecule has 1 heterocycles. The van der Waals surface area contributed by atoms with Crippen LogP contribution >= 0.6 is 0 Å². The Morgan fingerprint density at radius 3 is 2.30 bits per heavy atom. The maximum absolute atomic E-state index is 13.7. The number of rotatable bonds is 6. The van der Waals surface area contributed by atoms with Crippen LogP contribution in [-0.4, -0.2) is 25.1 Å². The van der Waals surface area contributed by atoms with Crippen LogP contribution in [0.2, 0.25) is 0 Å². The molecule has 0 spiro atoms. The summed E-state index contributed by atoms with van der Waals surface area (Å²) in [6, 6.07) is 14.5. The van der Waals surface area contributed by atoms with Crippen molar-refractivity contribution in [1.29, 1.82) is 0 Å². The predicted molar refractivity (Wildman–Crippen MR) is 101 cm³/mol. The molecule has 138 valence electrons. The van der Waals surface area contributed by atoms with Crippen LogP contribution in [0, 0.1) is 5.82 Å². The molecule has 0 aliphatic rings. The minimum absolute atomic E-state index is 0.347. The minimum Gasteiger partial charge on any atom is -0.497 e. The summed E-state index contributed by atoms with van der Waals surface area (Å²) in [4.78, 5) is 16.6. The molecule has 6 nitrogen and oxygen atoms in total. The molecule has 0 aliphatic carbocycles. The number of halogens is 1. The summed E-state index contributed by atoms with van der Waals surface area (Å²) in [5, 5.41) is 5.63. The highest BCUT2D eigenvalue weighted by Gasteiger charge is 2.11. The van der Waals surface area contributed by atoms with Crippen LogP contribution in [0.3, 0.4) is 0 Å². The SMILES string of the molecule is COc1cc(OC)cc(C(=O)Nc2ccc(Nc3ccccc3F)cn2)c1. The molecule has 7 heteroatoms. The average molecular weight is 367 g/mol. The van der Waals surface area contributed by atoms with Crippen molar-refractivity contribution in [2.24, 2.45) is 0 Å². The second-order valence-corrected chi connectivity index (χ2v) is 5.59. The number of hydrogen-bond acceptors (Lipinski definition) is 5. The fraction of sp³-hybridized carbons (Fsp3) is 0.100. The first-order valence-electron chi connectivity index (χ1n) is 8.11. The van der Waals surface area contributed by atoms with E-state index in [9.17, 15) is 9.18 Å². The Morgan fingerprint density at radius 2 is 1.70 bits per heavy atom. The fourth-order valence-electron chi connectivity index (χ4n) is 2.39. The van der Waals surface area contributed by atoms with Gasteiger partial charge in [0, 0.05) is 11.6 Å². The number of nitrogens with one attached hydrogen (secondary N) is 2. The van der Waals surface area contributed by atoms with Gasteiger partial charge in [-0.3, -0.25) is 4.79 Å². The molecule has 0 bridgehead atoms. The number of carbonyl (C=O) groups excluding carboxylic acids is 1. The number of anilines is 3. The van der Waals surface area contributed by atoms with Crippen molar-refractivity contribution in [2.45, 2.75) is 0 Å². The molecule has 27 heavy (non-hydrogen) atoms. The first kappa shape index (κ1) is 18.2. The molecule has 0 radical (unpaired) electrons. The van der Waals surface area contributed by atoms with Gasteiger partial charge in [0.05, 0.1) is 31.8 Å². The van der Waals surface area contributed by atoms with E-state index in [4.69, 9.17) is 9.47 Å². The van der Waals surface area contributed by atoms with Gasteiger partial charge in [-0.25, -0.2) is 9.37 Å². The Kier molecular flexibility index (Phi) is 5.51. The van der Waals surface area contributed by atoms with Crippen LogP contribution < -0.4 is 20.1 Å². The average Bonchev–Trinajstić information content (AvgIpc) is 2.70. The zero-order valence-corrected chi connectivity index (χ0v) is 14.8. The van der Waals surface area contributed by atoms with E-state index in [0.717, 1.165) is 0 Å². The summed E-state index contributed by atoms with van der Waals surface area (Å²) in [6.07, 6.45) is 1.51. The first-order valence-corrected chi connectivity index (χ1v) is 8.11. The van der Waals surface area contributed by atoms with Crippen molar-refractivity contribution < 1.29 is 18.7 Å². The summed E-state index contributed by atoms with van der Waals surface area (Å²) < 4.78 is 24.0. The Bertz CT molecular complexity index is 923. The standard InChI is InChI=1S/C20H18FN3O3/c1-26-15-9-13(10-16(11-15)27-2)20(25)24-19-8-7-14(12-22-19)23-18-6-4-3-5-17(18)21/h3-12,23H,1-2H3,(H,22,24,25). The van der Waals surface area contributed by atoms with Crippen molar-refractivity contribution >= 4 is 23.1 Å². The van der Waals surface area contributed by atoms with E-state index in [1.165, 1.54) is 26.5 Å². The molecule has 1 amide bonds. The number of hydrogen-bond donors (Lipinski definition) is 2. The Balaban J connectivity index is 1.71. The van der Waals surface area contributed by atoms with E-state index in [-0.39, 0.29) is 11.7 Å². The number of pyridine rings is 1. The first-order chi connectivity index (χ1) is 13.1. The second-order valence-electron chi connectivity index (χ2n) is 5.59. The highest BCUT2D eigenvalue weighted by Crippen LogP contribution is 2.24. The molecular weight excluding hydrogens is 349 g/mol. The molecule has 0 atom stereocenters. The lowest BCUT2D eigenvalue weighted by molar-refractivity contribution is 0.102. The van der Waals surface area contributed by atoms with Crippen LogP contribution in [0.4, 0.5) is 21.6 Å². The van der Waals surface area contributed by atoms with Gasteiger partial charge in [-0.2, -0.15) is 0 Å². The van der Waals surface area contributed by atoms with Gasteiger partial charge in [0.2, 0.25) is 0 Å². The van der Waals surface area contributed by atoms with Gasteiger partial charge in [-0.05, 0) is 36.4 Å². The summed E-state index contributed by atoms with van der Waals surface area (Å²) in [6.45, 7) is 0. The van der Waals surface area contributed by atoms with E-state index in [1.54, 1.807) is 48.5 Å². The maximum Gasteiger partial charge on any atom is 0.257 e. The number of nitrogens with zero attached hydrogens (tertiary/aromatic N) is 1. The van der Waals surface area contributed by atoms with Gasteiger partial charge in [0.15, 0.2) is 0 Å². The lowest BCUT2D eigenvalue weighted by Crippen LogP contribution is -2.13. The molecule has 0 saturated carbocycles. The largest absolute Gasteiger partial charge is 0.497 e. The molecule has 1 aromatic heterocycles. The highest BCUT2D eigenvalue weighted by atomic mass is 19.1. The molecule has 3 rings (SSSR count). The predicted octanol–water partition coefficient (Wildman–Crippen LogP) is 4.23. The number of methoxy groups -OCH3 is 2. The number of carbonyl (C=O) groups is 1. The summed E-state index contributed by atoms with van der Waals surface area (Å²) in [5.41, 5.74) is 1.32. The van der Waals surface area contributed by atoms with E-state index in [0.29, 0.717) is 34.3 Å². The van der Waals surface area contributed by atoms with Crippen molar-refractivity contribution in [3.05, 3.63) is 72.2 Å². The summed E-state index contributed by atoms with van der Waals surface area (Å²) in [7, 11) is 3.03. The quantitative estimate of drug-likeness (QED) is 0.682. The van der Waals surface area contributed by atoms with Crippen LogP contribution in [0.5, 0.6) is 11.5 Å². The third-order valence-electron chi connectivity index (χ3n) is 3.77. The zero-order chi connectivity index (χ0) is 19.2. The minimum atomic E-state index is -0.359. The topological polar surface area (TPSA) is 72.5 Å². The highest BCUT2D eigenvalue weighted by molar-refractivity contribution is 6.04. The van der Waals surface area contributed by atoms with E-state index in [1.807, 2.05) is 0 Å². The van der Waals surface area contributed by atoms with E-state index < -0.39 is 0 Å². The second kappa shape index (κ2) is 8.18. The normalized spacial score (nSPS) is 10.2. The maximum atomic E-state index is 13.7. The molecule has 2 N–H and O–H groups in total. The van der Waals surface area contributed by atoms with Crippen molar-refractivity contribution in [3.63, 3.8) is 0 Å². The molecule has 0 unspecified atom stereocenters. The number of benzene rings is 2. The van der Waals surface area contributed by atoms with Crippen molar-refractivity contribution in [2.75, 3.05) is 24.9 Å². The molecular formula is C20H18FN3O3. The molecule has 0 aliphatic heterocycles. The summed E-state index contributed by atoms with van der Waals surface area (Å²) in [5.74, 6) is 0.672. The molecule has 2 aromatic carbocycles. The Labute approximate surface area is 156 Å². The Hall–Kier alpha value is -3.61. The van der Waals surface area contributed by atoms with Gasteiger partial charge in [-0.15, -0.1) is 0 Å². The Morgan fingerprint density at radius 1 is 1.00 bits per heavy atom. The number of ether oxygens (including phenoxy) is 2. The number of para-hydroxylation sites is 1. The lowest BCUT2D eigenvalue weighted by atomic mass is 10.2. The van der Waals surface area contributed by atoms with Gasteiger partial charge >= 0.3 is 0 Å². The number of aromatic nitrogens is 1. The molecule has 0 fully saturated rings. The molecule has 3 aromatic rings. The molecule has 0 saturated heterocycles. The third-order valence-corrected chi connectivity index (χ3v) is 3.77. The van der Waals surface area contributed by atoms with Crippen LogP contribution in [-0.2, 0) is 0 Å². The van der Waals surface area contributed by atoms with E-state index in [2.05, 4.69) is 15.6 Å².